The molecule has 0 saturated carbocycles. The van der Waals surface area contributed by atoms with E-state index < -0.39 is 6.10 Å². The van der Waals surface area contributed by atoms with E-state index in [-0.39, 0.29) is 6.04 Å². The van der Waals surface area contributed by atoms with Crippen LogP contribution in [0.2, 0.25) is 0 Å². The fraction of sp³-hybridized carbons (Fsp3) is 0.643. The Kier molecular flexibility index (Phi) is 4.61. The molecule has 0 aliphatic carbocycles. The fourth-order valence-electron chi connectivity index (χ4n) is 2.03. The summed E-state index contributed by atoms with van der Waals surface area (Å²) in [7, 11) is 0. The zero-order valence-electron chi connectivity index (χ0n) is 11.9. The van der Waals surface area contributed by atoms with Crippen molar-refractivity contribution in [1.29, 1.82) is 0 Å². The van der Waals surface area contributed by atoms with Gasteiger partial charge in [-0.2, -0.15) is 0 Å². The van der Waals surface area contributed by atoms with E-state index in [4.69, 9.17) is 4.74 Å². The lowest BCUT2D eigenvalue weighted by Gasteiger charge is -2.28. The summed E-state index contributed by atoms with van der Waals surface area (Å²) >= 11 is 0. The summed E-state index contributed by atoms with van der Waals surface area (Å²) in [5.41, 5.74) is 1.16. The highest BCUT2D eigenvalue weighted by atomic mass is 16.5. The summed E-state index contributed by atoms with van der Waals surface area (Å²) in [4.78, 5) is 6.86. The number of nitrogens with zero attached hydrogens (tertiary/aromatic N) is 2. The highest BCUT2D eigenvalue weighted by molar-refractivity contribution is 5.50. The molecule has 5 nitrogen and oxygen atoms in total. The van der Waals surface area contributed by atoms with Crippen LogP contribution in [0.15, 0.2) is 12.1 Å². The monoisotopic (exact) mass is 265 g/mol. The largest absolute Gasteiger partial charge is 0.391 e. The number of aryl methyl sites for hydroxylation is 1. The molecule has 0 spiro atoms. The van der Waals surface area contributed by atoms with E-state index in [9.17, 15) is 5.11 Å². The molecule has 0 aromatic carbocycles. The Hall–Kier alpha value is -1.33. The van der Waals surface area contributed by atoms with Gasteiger partial charge in [0.1, 0.15) is 11.6 Å². The van der Waals surface area contributed by atoms with E-state index in [1.165, 1.54) is 0 Å². The van der Waals surface area contributed by atoms with Crippen LogP contribution in [-0.2, 0) is 4.74 Å². The van der Waals surface area contributed by atoms with Gasteiger partial charge in [-0.15, -0.1) is 0 Å². The number of ether oxygens (including phenoxy) is 1. The fourth-order valence-corrected chi connectivity index (χ4v) is 2.03. The van der Waals surface area contributed by atoms with Gasteiger partial charge in [0, 0.05) is 13.1 Å². The summed E-state index contributed by atoms with van der Waals surface area (Å²) < 4.78 is 5.36. The number of hydrogen-bond donors (Lipinski definition) is 2. The van der Waals surface area contributed by atoms with Crippen LogP contribution in [-0.4, -0.2) is 48.5 Å². The van der Waals surface area contributed by atoms with Crippen LogP contribution >= 0.6 is 0 Å². The first kappa shape index (κ1) is 14.1. The molecule has 1 aliphatic rings. The Balaban J connectivity index is 2.14. The lowest BCUT2D eigenvalue weighted by atomic mass is 10.2. The smallest absolute Gasteiger partial charge is 0.131 e. The minimum Gasteiger partial charge on any atom is -0.391 e. The first-order valence-electron chi connectivity index (χ1n) is 6.82. The number of rotatable bonds is 4. The maximum Gasteiger partial charge on any atom is 0.131 e. The maximum atomic E-state index is 9.55. The highest BCUT2D eigenvalue weighted by Gasteiger charge is 2.15. The topological polar surface area (TPSA) is 57.6 Å². The van der Waals surface area contributed by atoms with Gasteiger partial charge in [-0.3, -0.25) is 0 Å². The lowest BCUT2D eigenvalue weighted by molar-refractivity contribution is 0.122. The zero-order chi connectivity index (χ0) is 13.8. The van der Waals surface area contributed by atoms with Crippen molar-refractivity contribution in [2.45, 2.75) is 32.9 Å². The second-order valence-electron chi connectivity index (χ2n) is 5.16. The van der Waals surface area contributed by atoms with Crippen molar-refractivity contribution >= 4 is 11.6 Å². The summed E-state index contributed by atoms with van der Waals surface area (Å²) in [6.07, 6.45) is -0.408. The standard InChI is InChI=1S/C14H23N3O2/c1-10-8-13(15-11(2)12(3)18)16-14(9-10)17-4-6-19-7-5-17/h8-9,11-12,18H,4-7H2,1-3H3,(H,15,16)/t11-,12-/m1/s1. The zero-order valence-corrected chi connectivity index (χ0v) is 11.9. The minimum absolute atomic E-state index is 0.0214. The summed E-state index contributed by atoms with van der Waals surface area (Å²) in [5, 5.41) is 12.8. The number of aromatic nitrogens is 1. The van der Waals surface area contributed by atoms with Crippen molar-refractivity contribution in [2.75, 3.05) is 36.5 Å². The quantitative estimate of drug-likeness (QED) is 0.862. The van der Waals surface area contributed by atoms with Crippen molar-refractivity contribution in [3.63, 3.8) is 0 Å². The van der Waals surface area contributed by atoms with Gasteiger partial charge in [0.25, 0.3) is 0 Å². The predicted octanol–water partition coefficient (Wildman–Crippen LogP) is 1.41. The van der Waals surface area contributed by atoms with Crippen molar-refractivity contribution in [2.24, 2.45) is 0 Å². The molecule has 2 rings (SSSR count). The predicted molar refractivity (Wildman–Crippen MR) is 76.8 cm³/mol. The van der Waals surface area contributed by atoms with E-state index in [1.54, 1.807) is 6.92 Å². The third-order valence-electron chi connectivity index (χ3n) is 3.39. The van der Waals surface area contributed by atoms with Crippen molar-refractivity contribution < 1.29 is 9.84 Å². The van der Waals surface area contributed by atoms with Gasteiger partial charge in [-0.1, -0.05) is 0 Å². The Morgan fingerprint density at radius 3 is 2.63 bits per heavy atom. The van der Waals surface area contributed by atoms with Gasteiger partial charge in [-0.05, 0) is 38.5 Å². The highest BCUT2D eigenvalue weighted by Crippen LogP contribution is 2.19. The number of anilines is 2. The average molecular weight is 265 g/mol. The van der Waals surface area contributed by atoms with E-state index in [2.05, 4.69) is 28.2 Å². The molecule has 106 valence electrons. The molecule has 2 heterocycles. The van der Waals surface area contributed by atoms with E-state index in [0.29, 0.717) is 0 Å². The molecule has 0 amide bonds. The molecule has 2 atom stereocenters. The summed E-state index contributed by atoms with van der Waals surface area (Å²) in [5.74, 6) is 1.79. The number of hydrogen-bond acceptors (Lipinski definition) is 5. The van der Waals surface area contributed by atoms with Crippen LogP contribution in [0.25, 0.3) is 0 Å². The molecule has 0 bridgehead atoms. The molecule has 1 saturated heterocycles. The number of aliphatic hydroxyl groups excluding tert-OH is 1. The number of pyridine rings is 1. The van der Waals surface area contributed by atoms with Crippen molar-refractivity contribution in [3.8, 4) is 0 Å². The lowest BCUT2D eigenvalue weighted by Crippen LogP contribution is -2.37. The van der Waals surface area contributed by atoms with Gasteiger partial charge < -0.3 is 20.1 Å². The Bertz CT molecular complexity index is 417. The number of nitrogens with one attached hydrogen (secondary N) is 1. The summed E-state index contributed by atoms with van der Waals surface area (Å²) in [6.45, 7) is 9.04. The maximum absolute atomic E-state index is 9.55. The molecular weight excluding hydrogens is 242 g/mol. The van der Waals surface area contributed by atoms with E-state index in [1.807, 2.05) is 13.0 Å². The normalized spacial score (nSPS) is 19.1. The molecular formula is C14H23N3O2. The average Bonchev–Trinajstić information content (AvgIpc) is 2.39. The van der Waals surface area contributed by atoms with Gasteiger partial charge in [0.15, 0.2) is 0 Å². The Morgan fingerprint density at radius 1 is 1.32 bits per heavy atom. The van der Waals surface area contributed by atoms with Crippen molar-refractivity contribution in [1.82, 2.24) is 4.98 Å². The molecule has 5 heteroatoms. The number of morpholine rings is 1. The molecule has 1 fully saturated rings. The first-order valence-corrected chi connectivity index (χ1v) is 6.82. The second kappa shape index (κ2) is 6.21. The van der Waals surface area contributed by atoms with Crippen LogP contribution in [0.1, 0.15) is 19.4 Å². The molecule has 19 heavy (non-hydrogen) atoms. The van der Waals surface area contributed by atoms with E-state index in [0.717, 1.165) is 43.5 Å². The van der Waals surface area contributed by atoms with Crippen molar-refractivity contribution in [3.05, 3.63) is 17.7 Å². The Labute approximate surface area is 114 Å². The van der Waals surface area contributed by atoms with Crippen LogP contribution in [0.4, 0.5) is 11.6 Å². The number of aliphatic hydroxyl groups is 1. The first-order chi connectivity index (χ1) is 9.06. The van der Waals surface area contributed by atoms with Gasteiger partial charge in [-0.25, -0.2) is 4.98 Å². The van der Waals surface area contributed by atoms with Crippen LogP contribution < -0.4 is 10.2 Å². The van der Waals surface area contributed by atoms with Crippen LogP contribution in [0.5, 0.6) is 0 Å². The molecule has 2 N–H and O–H groups in total. The van der Waals surface area contributed by atoms with Gasteiger partial charge in [0.2, 0.25) is 0 Å². The third-order valence-corrected chi connectivity index (χ3v) is 3.39. The molecule has 1 aliphatic heterocycles. The van der Waals surface area contributed by atoms with Crippen LogP contribution in [0.3, 0.4) is 0 Å². The van der Waals surface area contributed by atoms with Gasteiger partial charge in [0.05, 0.1) is 25.4 Å². The SMILES string of the molecule is Cc1cc(N[C@H](C)[C@@H](C)O)nc(N2CCOCC2)c1. The Morgan fingerprint density at radius 2 is 2.00 bits per heavy atom. The second-order valence-corrected chi connectivity index (χ2v) is 5.16. The molecule has 1 aromatic heterocycles. The molecule has 0 radical (unpaired) electrons. The van der Waals surface area contributed by atoms with Crippen LogP contribution in [0, 0.1) is 6.92 Å². The van der Waals surface area contributed by atoms with Gasteiger partial charge >= 0.3 is 0 Å². The van der Waals surface area contributed by atoms with E-state index >= 15 is 0 Å². The molecule has 0 unspecified atom stereocenters. The molecule has 1 aromatic rings. The minimum atomic E-state index is -0.408. The third kappa shape index (κ3) is 3.81. The summed E-state index contributed by atoms with van der Waals surface area (Å²) in [6, 6.07) is 4.07.